The Morgan fingerprint density at radius 1 is 1.13 bits per heavy atom. The van der Waals surface area contributed by atoms with E-state index in [0.29, 0.717) is 29.3 Å². The number of carbonyl (C=O) groups excluding carboxylic acids is 1. The molecule has 2 heterocycles. The quantitative estimate of drug-likeness (QED) is 0.539. The normalized spacial score (nSPS) is 10.9. The molecule has 0 fully saturated rings. The van der Waals surface area contributed by atoms with Gasteiger partial charge in [0.1, 0.15) is 5.82 Å². The summed E-state index contributed by atoms with van der Waals surface area (Å²) in [6, 6.07) is 12.5. The number of benzene rings is 2. The van der Waals surface area contributed by atoms with E-state index in [0.717, 1.165) is 16.7 Å². The third-order valence-electron chi connectivity index (χ3n) is 5.17. The number of hydrogen-bond acceptors (Lipinski definition) is 3. The van der Waals surface area contributed by atoms with E-state index in [1.165, 1.54) is 6.07 Å². The third kappa shape index (κ3) is 3.87. The third-order valence-corrected chi connectivity index (χ3v) is 5.17. The molecule has 1 N–H and O–H groups in total. The fourth-order valence-corrected chi connectivity index (χ4v) is 3.32. The van der Waals surface area contributed by atoms with Crippen LogP contribution in [0.4, 0.5) is 10.3 Å². The van der Waals surface area contributed by atoms with Gasteiger partial charge in [0.25, 0.3) is 5.91 Å². The molecule has 0 bridgehead atoms. The van der Waals surface area contributed by atoms with Gasteiger partial charge in [-0.15, -0.1) is 0 Å². The lowest BCUT2D eigenvalue weighted by Crippen LogP contribution is -2.15. The van der Waals surface area contributed by atoms with Gasteiger partial charge in [0.05, 0.1) is 18.4 Å². The zero-order chi connectivity index (χ0) is 21.3. The van der Waals surface area contributed by atoms with Crippen molar-refractivity contribution in [1.29, 1.82) is 0 Å². The second kappa shape index (κ2) is 7.94. The SMILES string of the molecule is Cc1cc(F)c(-c2cnc(NC(=O)c3cccc(Cn4cccn4)c3)n2C)cc1C. The maximum Gasteiger partial charge on any atom is 0.257 e. The maximum absolute atomic E-state index is 14.5. The molecule has 0 atom stereocenters. The van der Waals surface area contributed by atoms with Crippen molar-refractivity contribution in [2.75, 3.05) is 5.32 Å². The van der Waals surface area contributed by atoms with Crippen molar-refractivity contribution < 1.29 is 9.18 Å². The van der Waals surface area contributed by atoms with Gasteiger partial charge in [0, 0.05) is 30.6 Å². The molecule has 1 amide bonds. The van der Waals surface area contributed by atoms with E-state index < -0.39 is 0 Å². The van der Waals surface area contributed by atoms with Crippen LogP contribution in [0.25, 0.3) is 11.3 Å². The van der Waals surface area contributed by atoms with Gasteiger partial charge in [-0.25, -0.2) is 9.37 Å². The first-order valence-electron chi connectivity index (χ1n) is 9.59. The van der Waals surface area contributed by atoms with Crippen molar-refractivity contribution >= 4 is 11.9 Å². The van der Waals surface area contributed by atoms with Crippen molar-refractivity contribution in [2.45, 2.75) is 20.4 Å². The number of aromatic nitrogens is 4. The lowest BCUT2D eigenvalue weighted by Gasteiger charge is -2.10. The van der Waals surface area contributed by atoms with Crippen molar-refractivity contribution in [2.24, 2.45) is 7.05 Å². The molecule has 6 nitrogen and oxygen atoms in total. The maximum atomic E-state index is 14.5. The number of nitrogens with zero attached hydrogens (tertiary/aromatic N) is 4. The summed E-state index contributed by atoms with van der Waals surface area (Å²) in [5.74, 6) is -0.242. The zero-order valence-corrected chi connectivity index (χ0v) is 17.1. The summed E-state index contributed by atoms with van der Waals surface area (Å²) in [6.07, 6.45) is 5.15. The number of carbonyl (C=O) groups is 1. The van der Waals surface area contributed by atoms with Crippen molar-refractivity contribution in [3.05, 3.63) is 89.1 Å². The molecule has 2 aromatic carbocycles. The van der Waals surface area contributed by atoms with Crippen LogP contribution < -0.4 is 5.32 Å². The molecule has 0 radical (unpaired) electrons. The second-order valence-corrected chi connectivity index (χ2v) is 7.30. The molecule has 0 spiro atoms. The zero-order valence-electron chi connectivity index (χ0n) is 17.1. The van der Waals surface area contributed by atoms with Gasteiger partial charge in [-0.05, 0) is 60.9 Å². The highest BCUT2D eigenvalue weighted by molar-refractivity contribution is 6.03. The van der Waals surface area contributed by atoms with Crippen LogP contribution in [0.15, 0.2) is 61.1 Å². The van der Waals surface area contributed by atoms with Crippen LogP contribution in [-0.4, -0.2) is 25.2 Å². The Labute approximate surface area is 174 Å². The molecular weight excluding hydrogens is 381 g/mol. The fraction of sp³-hybridized carbons (Fsp3) is 0.174. The summed E-state index contributed by atoms with van der Waals surface area (Å²) >= 11 is 0. The van der Waals surface area contributed by atoms with Crippen LogP contribution in [0.5, 0.6) is 0 Å². The Hall–Kier alpha value is -3.74. The van der Waals surface area contributed by atoms with Crippen molar-refractivity contribution in [3.8, 4) is 11.3 Å². The Bertz CT molecular complexity index is 1210. The number of amides is 1. The van der Waals surface area contributed by atoms with Crippen LogP contribution in [-0.2, 0) is 13.6 Å². The van der Waals surface area contributed by atoms with Gasteiger partial charge >= 0.3 is 0 Å². The van der Waals surface area contributed by atoms with Crippen molar-refractivity contribution in [3.63, 3.8) is 0 Å². The fourth-order valence-electron chi connectivity index (χ4n) is 3.32. The highest BCUT2D eigenvalue weighted by Crippen LogP contribution is 2.27. The summed E-state index contributed by atoms with van der Waals surface area (Å²) in [5, 5.41) is 7.00. The van der Waals surface area contributed by atoms with E-state index in [1.807, 2.05) is 44.3 Å². The summed E-state index contributed by atoms with van der Waals surface area (Å²) in [4.78, 5) is 17.1. The second-order valence-electron chi connectivity index (χ2n) is 7.30. The molecule has 152 valence electrons. The smallest absolute Gasteiger partial charge is 0.257 e. The minimum Gasteiger partial charge on any atom is -0.313 e. The van der Waals surface area contributed by atoms with Crippen LogP contribution in [0.3, 0.4) is 0 Å². The minimum absolute atomic E-state index is 0.280. The van der Waals surface area contributed by atoms with E-state index in [2.05, 4.69) is 15.4 Å². The first kappa shape index (κ1) is 19.6. The van der Waals surface area contributed by atoms with Crippen LogP contribution in [0.1, 0.15) is 27.0 Å². The molecule has 0 saturated carbocycles. The molecule has 0 saturated heterocycles. The van der Waals surface area contributed by atoms with Gasteiger partial charge in [0.2, 0.25) is 5.95 Å². The Kier molecular flexibility index (Phi) is 5.18. The van der Waals surface area contributed by atoms with Crippen LogP contribution in [0, 0.1) is 19.7 Å². The Balaban J connectivity index is 1.56. The van der Waals surface area contributed by atoms with Gasteiger partial charge in [-0.3, -0.25) is 14.8 Å². The van der Waals surface area contributed by atoms with Crippen LogP contribution >= 0.6 is 0 Å². The van der Waals surface area contributed by atoms with Crippen molar-refractivity contribution in [1.82, 2.24) is 19.3 Å². The molecule has 0 aliphatic carbocycles. The average molecular weight is 403 g/mol. The Morgan fingerprint density at radius 3 is 2.70 bits per heavy atom. The lowest BCUT2D eigenvalue weighted by atomic mass is 10.0. The first-order valence-corrected chi connectivity index (χ1v) is 9.59. The molecular formula is C23H22FN5O. The van der Waals surface area contributed by atoms with E-state index in [-0.39, 0.29) is 11.7 Å². The number of halogens is 1. The van der Waals surface area contributed by atoms with E-state index in [1.54, 1.807) is 40.8 Å². The summed E-state index contributed by atoms with van der Waals surface area (Å²) < 4.78 is 18.0. The highest BCUT2D eigenvalue weighted by atomic mass is 19.1. The summed E-state index contributed by atoms with van der Waals surface area (Å²) in [5.41, 5.74) is 4.41. The highest BCUT2D eigenvalue weighted by Gasteiger charge is 2.16. The summed E-state index contributed by atoms with van der Waals surface area (Å²) in [6.45, 7) is 4.39. The number of nitrogens with one attached hydrogen (secondary N) is 1. The van der Waals surface area contributed by atoms with Gasteiger partial charge in [0.15, 0.2) is 0 Å². The van der Waals surface area contributed by atoms with Crippen LogP contribution in [0.2, 0.25) is 0 Å². The number of hydrogen-bond donors (Lipinski definition) is 1. The average Bonchev–Trinajstić information content (AvgIpc) is 3.35. The van der Waals surface area contributed by atoms with E-state index >= 15 is 0 Å². The molecule has 4 aromatic rings. The largest absolute Gasteiger partial charge is 0.313 e. The molecule has 4 rings (SSSR count). The van der Waals surface area contributed by atoms with Gasteiger partial charge < -0.3 is 4.57 Å². The van der Waals surface area contributed by atoms with E-state index in [9.17, 15) is 9.18 Å². The van der Waals surface area contributed by atoms with E-state index in [4.69, 9.17) is 0 Å². The first-order chi connectivity index (χ1) is 14.4. The standard InChI is InChI=1S/C23H22FN5O/c1-15-10-19(20(24)11-16(15)2)21-13-25-23(28(21)3)27-22(30)18-7-4-6-17(12-18)14-29-9-5-8-26-29/h4-13H,14H2,1-3H3,(H,25,27,30). The number of aryl methyl sites for hydroxylation is 2. The molecule has 0 unspecified atom stereocenters. The predicted molar refractivity (Wildman–Crippen MR) is 114 cm³/mol. The molecule has 0 aliphatic rings. The molecule has 2 aromatic heterocycles. The Morgan fingerprint density at radius 2 is 1.93 bits per heavy atom. The molecule has 0 aliphatic heterocycles. The monoisotopic (exact) mass is 403 g/mol. The number of rotatable bonds is 5. The lowest BCUT2D eigenvalue weighted by molar-refractivity contribution is 0.102. The topological polar surface area (TPSA) is 64.7 Å². The molecule has 7 heteroatoms. The number of anilines is 1. The predicted octanol–water partition coefficient (Wildman–Crippen LogP) is 4.34. The van der Waals surface area contributed by atoms with Gasteiger partial charge in [-0.2, -0.15) is 5.10 Å². The molecule has 30 heavy (non-hydrogen) atoms. The van der Waals surface area contributed by atoms with Gasteiger partial charge in [-0.1, -0.05) is 12.1 Å². The number of imidazole rings is 1. The minimum atomic E-state index is -0.315. The summed E-state index contributed by atoms with van der Waals surface area (Å²) in [7, 11) is 1.75.